The molecular formula is C11H10N4. The van der Waals surface area contributed by atoms with Gasteiger partial charge in [-0.3, -0.25) is 0 Å². The molecule has 2 aromatic rings. The number of hydrogen-bond donors (Lipinski definition) is 1. The summed E-state index contributed by atoms with van der Waals surface area (Å²) in [4.78, 5) is 0. The monoisotopic (exact) mass is 198 g/mol. The van der Waals surface area contributed by atoms with Gasteiger partial charge in [0.25, 0.3) is 0 Å². The highest BCUT2D eigenvalue weighted by atomic mass is 15.3. The van der Waals surface area contributed by atoms with Gasteiger partial charge in [-0.2, -0.15) is 10.4 Å². The predicted molar refractivity (Wildman–Crippen MR) is 57.4 cm³/mol. The van der Waals surface area contributed by atoms with E-state index < -0.39 is 0 Å². The molecule has 1 aromatic heterocycles. The molecule has 0 bridgehead atoms. The zero-order chi connectivity index (χ0) is 10.8. The second-order valence-electron chi connectivity index (χ2n) is 3.29. The minimum atomic E-state index is 0.576. The summed E-state index contributed by atoms with van der Waals surface area (Å²) in [6, 6.07) is 9.09. The highest BCUT2D eigenvalue weighted by molar-refractivity contribution is 5.60. The molecule has 0 saturated heterocycles. The zero-order valence-corrected chi connectivity index (χ0v) is 8.31. The summed E-state index contributed by atoms with van der Waals surface area (Å²) in [7, 11) is 0. The Morgan fingerprint density at radius 2 is 2.20 bits per heavy atom. The lowest BCUT2D eigenvalue weighted by Crippen LogP contribution is -2.01. The smallest absolute Gasteiger partial charge is 0.0992 e. The van der Waals surface area contributed by atoms with Gasteiger partial charge >= 0.3 is 0 Å². The predicted octanol–water partition coefficient (Wildman–Crippen LogP) is 1.63. The standard InChI is InChI=1S/C11H10N4/c1-8-4-5-15(14-8)11-6-9(7-12)2-3-10(11)13/h2-6H,13H2,1H3. The molecule has 0 radical (unpaired) electrons. The fourth-order valence-electron chi connectivity index (χ4n) is 1.36. The van der Waals surface area contributed by atoms with Crippen molar-refractivity contribution < 1.29 is 0 Å². The van der Waals surface area contributed by atoms with Crippen molar-refractivity contribution in [3.05, 3.63) is 41.7 Å². The van der Waals surface area contributed by atoms with Gasteiger partial charge in [-0.1, -0.05) is 0 Å². The van der Waals surface area contributed by atoms with Crippen LogP contribution in [0.25, 0.3) is 5.69 Å². The van der Waals surface area contributed by atoms with Crippen LogP contribution in [0.4, 0.5) is 5.69 Å². The van der Waals surface area contributed by atoms with Gasteiger partial charge in [0, 0.05) is 6.20 Å². The molecule has 0 aliphatic heterocycles. The lowest BCUT2D eigenvalue weighted by molar-refractivity contribution is 0.864. The van der Waals surface area contributed by atoms with Crippen LogP contribution < -0.4 is 5.73 Å². The fraction of sp³-hybridized carbons (Fsp3) is 0.0909. The Bertz CT molecular complexity index is 534. The van der Waals surface area contributed by atoms with Gasteiger partial charge < -0.3 is 5.73 Å². The molecule has 1 aromatic carbocycles. The first kappa shape index (κ1) is 9.28. The first-order valence-electron chi connectivity index (χ1n) is 4.53. The Labute approximate surface area is 87.6 Å². The second-order valence-corrected chi connectivity index (χ2v) is 3.29. The van der Waals surface area contributed by atoms with Crippen molar-refractivity contribution in [1.82, 2.24) is 9.78 Å². The molecule has 0 atom stereocenters. The van der Waals surface area contributed by atoms with Gasteiger partial charge in [-0.25, -0.2) is 4.68 Å². The van der Waals surface area contributed by atoms with Crippen LogP contribution in [0.3, 0.4) is 0 Å². The molecule has 0 fully saturated rings. The maximum atomic E-state index is 8.78. The largest absolute Gasteiger partial charge is 0.397 e. The van der Waals surface area contributed by atoms with Crippen molar-refractivity contribution in [3.63, 3.8) is 0 Å². The molecule has 0 aliphatic carbocycles. The molecule has 0 spiro atoms. The van der Waals surface area contributed by atoms with E-state index in [9.17, 15) is 0 Å². The first-order chi connectivity index (χ1) is 7.20. The maximum absolute atomic E-state index is 8.78. The van der Waals surface area contributed by atoms with Crippen LogP contribution in [-0.4, -0.2) is 9.78 Å². The van der Waals surface area contributed by atoms with Crippen LogP contribution in [0.1, 0.15) is 11.3 Å². The SMILES string of the molecule is Cc1ccn(-c2cc(C#N)ccc2N)n1. The normalized spacial score (nSPS) is 9.87. The lowest BCUT2D eigenvalue weighted by Gasteiger charge is -2.05. The number of hydrogen-bond acceptors (Lipinski definition) is 3. The van der Waals surface area contributed by atoms with Crippen LogP contribution in [0.5, 0.6) is 0 Å². The molecule has 0 unspecified atom stereocenters. The molecule has 2 rings (SSSR count). The Balaban J connectivity index is 2.57. The fourth-order valence-corrected chi connectivity index (χ4v) is 1.36. The van der Waals surface area contributed by atoms with Gasteiger partial charge in [0.05, 0.1) is 28.7 Å². The number of anilines is 1. The first-order valence-corrected chi connectivity index (χ1v) is 4.53. The number of nitriles is 1. The van der Waals surface area contributed by atoms with Gasteiger partial charge in [0.2, 0.25) is 0 Å². The van der Waals surface area contributed by atoms with E-state index in [2.05, 4.69) is 11.2 Å². The minimum Gasteiger partial charge on any atom is -0.397 e. The van der Waals surface area contributed by atoms with E-state index in [1.807, 2.05) is 19.2 Å². The van der Waals surface area contributed by atoms with Crippen molar-refractivity contribution >= 4 is 5.69 Å². The molecule has 2 N–H and O–H groups in total. The van der Waals surface area contributed by atoms with Crippen molar-refractivity contribution in [2.75, 3.05) is 5.73 Å². The second kappa shape index (κ2) is 3.46. The third-order valence-electron chi connectivity index (χ3n) is 2.13. The van der Waals surface area contributed by atoms with E-state index in [1.54, 1.807) is 22.9 Å². The van der Waals surface area contributed by atoms with E-state index in [1.165, 1.54) is 0 Å². The number of rotatable bonds is 1. The van der Waals surface area contributed by atoms with Crippen molar-refractivity contribution in [3.8, 4) is 11.8 Å². The highest BCUT2D eigenvalue weighted by Gasteiger charge is 2.04. The van der Waals surface area contributed by atoms with Crippen molar-refractivity contribution in [1.29, 1.82) is 5.26 Å². The summed E-state index contributed by atoms with van der Waals surface area (Å²) in [5.41, 5.74) is 8.65. The van der Waals surface area contributed by atoms with Gasteiger partial charge in [-0.05, 0) is 31.2 Å². The summed E-state index contributed by atoms with van der Waals surface area (Å²) in [5, 5.41) is 13.0. The number of nitrogen functional groups attached to an aromatic ring is 1. The molecule has 4 heteroatoms. The molecular weight excluding hydrogens is 188 g/mol. The third kappa shape index (κ3) is 1.67. The number of nitrogens with zero attached hydrogens (tertiary/aromatic N) is 3. The van der Waals surface area contributed by atoms with Crippen LogP contribution in [0.2, 0.25) is 0 Å². The minimum absolute atomic E-state index is 0.576. The summed E-state index contributed by atoms with van der Waals surface area (Å²) >= 11 is 0. The topological polar surface area (TPSA) is 67.6 Å². The molecule has 0 amide bonds. The lowest BCUT2D eigenvalue weighted by atomic mass is 10.2. The Morgan fingerprint density at radius 3 is 2.80 bits per heavy atom. The zero-order valence-electron chi connectivity index (χ0n) is 8.31. The van der Waals surface area contributed by atoms with Gasteiger partial charge in [-0.15, -0.1) is 0 Å². The van der Waals surface area contributed by atoms with E-state index >= 15 is 0 Å². The number of benzene rings is 1. The van der Waals surface area contributed by atoms with E-state index in [4.69, 9.17) is 11.0 Å². The number of nitrogens with two attached hydrogens (primary N) is 1. The van der Waals surface area contributed by atoms with Crippen LogP contribution in [0.15, 0.2) is 30.5 Å². The maximum Gasteiger partial charge on any atom is 0.0992 e. The van der Waals surface area contributed by atoms with E-state index in [0.717, 1.165) is 11.4 Å². The average molecular weight is 198 g/mol. The molecule has 15 heavy (non-hydrogen) atoms. The Kier molecular flexibility index (Phi) is 2.14. The average Bonchev–Trinajstić information content (AvgIpc) is 2.65. The molecule has 0 saturated carbocycles. The Hall–Kier alpha value is -2.28. The summed E-state index contributed by atoms with van der Waals surface area (Å²) in [5.74, 6) is 0. The van der Waals surface area contributed by atoms with Crippen LogP contribution in [-0.2, 0) is 0 Å². The molecule has 4 nitrogen and oxygen atoms in total. The van der Waals surface area contributed by atoms with Gasteiger partial charge in [0.15, 0.2) is 0 Å². The summed E-state index contributed by atoms with van der Waals surface area (Å²) in [6.45, 7) is 1.90. The quantitative estimate of drug-likeness (QED) is 0.708. The Morgan fingerprint density at radius 1 is 1.40 bits per heavy atom. The molecule has 0 aliphatic rings. The van der Waals surface area contributed by atoms with Crippen LogP contribution >= 0.6 is 0 Å². The van der Waals surface area contributed by atoms with Gasteiger partial charge in [0.1, 0.15) is 0 Å². The highest BCUT2D eigenvalue weighted by Crippen LogP contribution is 2.18. The van der Waals surface area contributed by atoms with Crippen molar-refractivity contribution in [2.45, 2.75) is 6.92 Å². The summed E-state index contributed by atoms with van der Waals surface area (Å²) in [6.07, 6.45) is 1.82. The summed E-state index contributed by atoms with van der Waals surface area (Å²) < 4.78 is 1.67. The molecule has 1 heterocycles. The molecule has 74 valence electrons. The third-order valence-corrected chi connectivity index (χ3v) is 2.13. The van der Waals surface area contributed by atoms with Crippen LogP contribution in [0, 0.1) is 18.3 Å². The van der Waals surface area contributed by atoms with E-state index in [0.29, 0.717) is 11.3 Å². The van der Waals surface area contributed by atoms with E-state index in [-0.39, 0.29) is 0 Å². The number of aryl methyl sites for hydroxylation is 1. The van der Waals surface area contributed by atoms with Crippen molar-refractivity contribution in [2.24, 2.45) is 0 Å². The number of aromatic nitrogens is 2.